The van der Waals surface area contributed by atoms with Crippen molar-refractivity contribution in [1.29, 1.82) is 0 Å². The predicted molar refractivity (Wildman–Crippen MR) is 82.6 cm³/mol. The topological polar surface area (TPSA) is 76.0 Å². The summed E-state index contributed by atoms with van der Waals surface area (Å²) in [5, 5.41) is 7.47. The fraction of sp³-hybridized carbons (Fsp3) is 0.357. The van der Waals surface area contributed by atoms with Crippen molar-refractivity contribution < 1.29 is 8.42 Å². The molecule has 7 heteroatoms. The van der Waals surface area contributed by atoms with Crippen LogP contribution in [0.3, 0.4) is 0 Å². The Balaban J connectivity index is 1.99. The summed E-state index contributed by atoms with van der Waals surface area (Å²) in [6.45, 7) is 4.92. The van der Waals surface area contributed by atoms with Crippen LogP contribution in [-0.4, -0.2) is 30.8 Å². The van der Waals surface area contributed by atoms with Crippen LogP contribution in [0.15, 0.2) is 47.6 Å². The molecular weight excluding hydrogens is 288 g/mol. The van der Waals surface area contributed by atoms with Crippen LogP contribution in [0.1, 0.15) is 13.8 Å². The summed E-state index contributed by atoms with van der Waals surface area (Å²) >= 11 is 0. The molecule has 0 spiro atoms. The van der Waals surface area contributed by atoms with E-state index in [1.807, 2.05) is 23.9 Å². The Hall–Kier alpha value is -1.86. The van der Waals surface area contributed by atoms with Gasteiger partial charge in [-0.15, -0.1) is 0 Å². The van der Waals surface area contributed by atoms with Gasteiger partial charge >= 0.3 is 0 Å². The maximum absolute atomic E-state index is 11.8. The minimum Gasteiger partial charge on any atom is -0.381 e. The van der Waals surface area contributed by atoms with Crippen LogP contribution < -0.4 is 10.0 Å². The third-order valence-electron chi connectivity index (χ3n) is 2.93. The molecule has 0 amide bonds. The van der Waals surface area contributed by atoms with Crippen LogP contribution in [0, 0.1) is 0 Å². The van der Waals surface area contributed by atoms with E-state index in [0.29, 0.717) is 6.54 Å². The molecule has 2 aromatic rings. The minimum atomic E-state index is -3.39. The highest BCUT2D eigenvalue weighted by molar-refractivity contribution is 7.89. The molecule has 2 rings (SSSR count). The van der Waals surface area contributed by atoms with Gasteiger partial charge in [0.1, 0.15) is 0 Å². The van der Waals surface area contributed by atoms with Gasteiger partial charge in [-0.3, -0.25) is 4.68 Å². The molecule has 2 N–H and O–H groups in total. The molecule has 0 fully saturated rings. The van der Waals surface area contributed by atoms with E-state index >= 15 is 0 Å². The Labute approximate surface area is 125 Å². The molecule has 6 nitrogen and oxygen atoms in total. The van der Waals surface area contributed by atoms with Crippen molar-refractivity contribution in [2.75, 3.05) is 11.9 Å². The van der Waals surface area contributed by atoms with Crippen molar-refractivity contribution in [3.8, 4) is 0 Å². The van der Waals surface area contributed by atoms with Gasteiger partial charge in [0.2, 0.25) is 10.0 Å². The van der Waals surface area contributed by atoms with Gasteiger partial charge in [-0.2, -0.15) is 5.10 Å². The molecule has 21 heavy (non-hydrogen) atoms. The van der Waals surface area contributed by atoms with Crippen LogP contribution in [0.2, 0.25) is 0 Å². The van der Waals surface area contributed by atoms with Crippen LogP contribution in [0.25, 0.3) is 0 Å². The van der Waals surface area contributed by atoms with Gasteiger partial charge in [0.05, 0.1) is 11.4 Å². The molecule has 0 saturated carbocycles. The quantitative estimate of drug-likeness (QED) is 0.816. The Morgan fingerprint density at radius 3 is 2.57 bits per heavy atom. The fourth-order valence-electron chi connectivity index (χ4n) is 2.02. The standard InChI is InChI=1S/C14H20N4O2S/c1-3-16-21(19,20)14-7-5-13(6-8-14)17-12(2)11-18-10-4-9-15-18/h4-10,12,16-17H,3,11H2,1-2H3. The lowest BCUT2D eigenvalue weighted by Crippen LogP contribution is -2.23. The second-order valence-electron chi connectivity index (χ2n) is 4.80. The van der Waals surface area contributed by atoms with Crippen LogP contribution in [0.5, 0.6) is 0 Å². The number of aromatic nitrogens is 2. The summed E-state index contributed by atoms with van der Waals surface area (Å²) in [5.41, 5.74) is 0.880. The average Bonchev–Trinajstić information content (AvgIpc) is 2.92. The molecule has 0 aliphatic heterocycles. The lowest BCUT2D eigenvalue weighted by molar-refractivity contribution is 0.561. The minimum absolute atomic E-state index is 0.182. The number of sulfonamides is 1. The zero-order valence-corrected chi connectivity index (χ0v) is 13.0. The molecule has 1 aromatic carbocycles. The summed E-state index contributed by atoms with van der Waals surface area (Å²) in [5.74, 6) is 0. The second kappa shape index (κ2) is 6.73. The highest BCUT2D eigenvalue weighted by Crippen LogP contribution is 2.15. The van der Waals surface area contributed by atoms with E-state index < -0.39 is 10.0 Å². The first-order valence-corrected chi connectivity index (χ1v) is 8.33. The molecule has 1 unspecified atom stereocenters. The van der Waals surface area contributed by atoms with E-state index in [4.69, 9.17) is 0 Å². The van der Waals surface area contributed by atoms with E-state index in [2.05, 4.69) is 15.1 Å². The van der Waals surface area contributed by atoms with Crippen molar-refractivity contribution in [2.45, 2.75) is 31.3 Å². The van der Waals surface area contributed by atoms with Gasteiger partial charge in [-0.25, -0.2) is 13.1 Å². The summed E-state index contributed by atoms with van der Waals surface area (Å²) in [4.78, 5) is 0.273. The summed E-state index contributed by atoms with van der Waals surface area (Å²) in [6, 6.07) is 8.80. The number of nitrogens with one attached hydrogen (secondary N) is 2. The molecule has 114 valence electrons. The lowest BCUT2D eigenvalue weighted by atomic mass is 10.2. The molecule has 1 atom stereocenters. The number of hydrogen-bond donors (Lipinski definition) is 2. The number of nitrogens with zero attached hydrogens (tertiary/aromatic N) is 2. The van der Waals surface area contributed by atoms with Crippen molar-refractivity contribution in [2.24, 2.45) is 0 Å². The van der Waals surface area contributed by atoms with Crippen LogP contribution >= 0.6 is 0 Å². The van der Waals surface area contributed by atoms with Crippen molar-refractivity contribution in [3.05, 3.63) is 42.7 Å². The van der Waals surface area contributed by atoms with Crippen LogP contribution in [0.4, 0.5) is 5.69 Å². The third-order valence-corrected chi connectivity index (χ3v) is 4.49. The monoisotopic (exact) mass is 308 g/mol. The third kappa shape index (κ3) is 4.30. The van der Waals surface area contributed by atoms with Gasteiger partial charge < -0.3 is 5.32 Å². The maximum Gasteiger partial charge on any atom is 0.240 e. The van der Waals surface area contributed by atoms with Gasteiger partial charge in [-0.1, -0.05) is 6.92 Å². The van der Waals surface area contributed by atoms with E-state index in [9.17, 15) is 8.42 Å². The molecular formula is C14H20N4O2S. The second-order valence-corrected chi connectivity index (χ2v) is 6.57. The number of hydrogen-bond acceptors (Lipinski definition) is 4. The molecule has 0 radical (unpaired) electrons. The molecule has 0 aliphatic carbocycles. The highest BCUT2D eigenvalue weighted by atomic mass is 32.2. The SMILES string of the molecule is CCNS(=O)(=O)c1ccc(NC(C)Cn2cccn2)cc1. The van der Waals surface area contributed by atoms with Crippen molar-refractivity contribution in [1.82, 2.24) is 14.5 Å². The van der Waals surface area contributed by atoms with Gasteiger partial charge in [0.25, 0.3) is 0 Å². The van der Waals surface area contributed by atoms with Gasteiger partial charge in [-0.05, 0) is 37.3 Å². The Kier molecular flexibility index (Phi) is 4.98. The molecule has 1 heterocycles. The number of rotatable bonds is 7. The first kappa shape index (κ1) is 15.5. The summed E-state index contributed by atoms with van der Waals surface area (Å²) < 4.78 is 28.0. The molecule has 1 aromatic heterocycles. The molecule has 0 aliphatic rings. The molecule has 0 saturated heterocycles. The fourth-order valence-corrected chi connectivity index (χ4v) is 3.06. The first-order chi connectivity index (χ1) is 10.0. The zero-order chi connectivity index (χ0) is 15.3. The largest absolute Gasteiger partial charge is 0.381 e. The Morgan fingerprint density at radius 1 is 1.29 bits per heavy atom. The predicted octanol–water partition coefficient (Wildman–Crippen LogP) is 1.68. The van der Waals surface area contributed by atoms with Crippen LogP contribution in [-0.2, 0) is 16.6 Å². The molecule has 0 bridgehead atoms. The lowest BCUT2D eigenvalue weighted by Gasteiger charge is -2.15. The normalized spacial score (nSPS) is 13.0. The van der Waals surface area contributed by atoms with E-state index in [0.717, 1.165) is 12.2 Å². The van der Waals surface area contributed by atoms with Crippen molar-refractivity contribution >= 4 is 15.7 Å². The van der Waals surface area contributed by atoms with Gasteiger partial charge in [0, 0.05) is 30.7 Å². The summed E-state index contributed by atoms with van der Waals surface area (Å²) in [6.07, 6.45) is 3.65. The van der Waals surface area contributed by atoms with E-state index in [1.54, 1.807) is 37.4 Å². The van der Waals surface area contributed by atoms with E-state index in [1.165, 1.54) is 0 Å². The maximum atomic E-state index is 11.8. The first-order valence-electron chi connectivity index (χ1n) is 6.85. The Morgan fingerprint density at radius 2 is 2.00 bits per heavy atom. The average molecular weight is 308 g/mol. The zero-order valence-electron chi connectivity index (χ0n) is 12.2. The number of benzene rings is 1. The van der Waals surface area contributed by atoms with E-state index in [-0.39, 0.29) is 10.9 Å². The Bertz CT molecular complexity index is 651. The summed E-state index contributed by atoms with van der Waals surface area (Å²) in [7, 11) is -3.39. The smallest absolute Gasteiger partial charge is 0.240 e. The van der Waals surface area contributed by atoms with Gasteiger partial charge in [0.15, 0.2) is 0 Å². The highest BCUT2D eigenvalue weighted by Gasteiger charge is 2.12. The van der Waals surface area contributed by atoms with Crippen molar-refractivity contribution in [3.63, 3.8) is 0 Å². The number of anilines is 1.